The summed E-state index contributed by atoms with van der Waals surface area (Å²) in [4.78, 5) is 38.1. The van der Waals surface area contributed by atoms with E-state index in [1.807, 2.05) is 0 Å². The zero-order valence-electron chi connectivity index (χ0n) is 13.5. The monoisotopic (exact) mass is 329 g/mol. The summed E-state index contributed by atoms with van der Waals surface area (Å²) in [6.07, 6.45) is 2.23. The minimum atomic E-state index is -0.910. The Kier molecular flexibility index (Phi) is 5.36. The zero-order valence-corrected chi connectivity index (χ0v) is 13.5. The van der Waals surface area contributed by atoms with Crippen LogP contribution in [0.15, 0.2) is 47.9 Å². The highest BCUT2D eigenvalue weighted by atomic mass is 16.5. The van der Waals surface area contributed by atoms with Gasteiger partial charge in [-0.15, -0.1) is 6.58 Å². The predicted molar refractivity (Wildman–Crippen MR) is 89.2 cm³/mol. The third-order valence-electron chi connectivity index (χ3n) is 3.40. The van der Waals surface area contributed by atoms with Gasteiger partial charge in [0.05, 0.1) is 11.3 Å². The van der Waals surface area contributed by atoms with Crippen LogP contribution < -0.4 is 11.0 Å². The number of aromatic amines is 1. The average Bonchev–Trinajstić information content (AvgIpc) is 2.91. The molecule has 1 aromatic heterocycles. The summed E-state index contributed by atoms with van der Waals surface area (Å²) in [5, 5.41) is 2.55. The number of hydrogen-bond acceptors (Lipinski definition) is 4. The number of esters is 1. The van der Waals surface area contributed by atoms with Crippen LogP contribution in [0.5, 0.6) is 0 Å². The molecule has 1 atom stereocenters. The highest BCUT2D eigenvalue weighted by molar-refractivity contribution is 5.92. The van der Waals surface area contributed by atoms with Crippen LogP contribution in [-0.2, 0) is 9.53 Å². The van der Waals surface area contributed by atoms with Crippen LogP contribution >= 0.6 is 0 Å². The normalized spacial score (nSPS) is 11.6. The molecular formula is C17H19N3O4. The van der Waals surface area contributed by atoms with Crippen LogP contribution in [0.2, 0.25) is 0 Å². The average molecular weight is 329 g/mol. The maximum absolute atomic E-state index is 12.1. The first-order chi connectivity index (χ1) is 11.4. The maximum atomic E-state index is 12.1. The summed E-state index contributed by atoms with van der Waals surface area (Å²) >= 11 is 0. The third-order valence-corrected chi connectivity index (χ3v) is 3.40. The van der Waals surface area contributed by atoms with Crippen LogP contribution in [0.3, 0.4) is 0 Å². The minimum Gasteiger partial charge on any atom is -0.449 e. The number of hydrogen-bond donors (Lipinski definition) is 2. The van der Waals surface area contributed by atoms with Gasteiger partial charge in [-0.05, 0) is 38.1 Å². The lowest BCUT2D eigenvalue weighted by Crippen LogP contribution is -2.35. The minimum absolute atomic E-state index is 0.254. The molecule has 1 heterocycles. The summed E-state index contributed by atoms with van der Waals surface area (Å²) in [6, 6.07) is 6.37. The van der Waals surface area contributed by atoms with Gasteiger partial charge in [0.25, 0.3) is 5.91 Å². The Labute approximate surface area is 139 Å². The third kappa shape index (κ3) is 3.81. The lowest BCUT2D eigenvalue weighted by molar-refractivity contribution is -0.128. The van der Waals surface area contributed by atoms with Gasteiger partial charge in [0.15, 0.2) is 6.10 Å². The van der Waals surface area contributed by atoms with E-state index in [2.05, 4.69) is 16.9 Å². The second kappa shape index (κ2) is 7.45. The molecule has 126 valence electrons. The summed E-state index contributed by atoms with van der Waals surface area (Å²) in [6.45, 7) is 7.09. The number of rotatable bonds is 6. The first-order valence-corrected chi connectivity index (χ1v) is 7.41. The quantitative estimate of drug-likeness (QED) is 0.617. The molecule has 0 aliphatic carbocycles. The van der Waals surface area contributed by atoms with Gasteiger partial charge in [-0.25, -0.2) is 9.59 Å². The molecule has 0 radical (unpaired) electrons. The van der Waals surface area contributed by atoms with Gasteiger partial charge in [0.2, 0.25) is 0 Å². The van der Waals surface area contributed by atoms with E-state index < -0.39 is 18.0 Å². The molecule has 0 saturated carbocycles. The highest BCUT2D eigenvalue weighted by Crippen LogP contribution is 2.11. The summed E-state index contributed by atoms with van der Waals surface area (Å²) in [7, 11) is 0. The zero-order chi connectivity index (χ0) is 17.7. The smallest absolute Gasteiger partial charge is 0.338 e. The molecular weight excluding hydrogens is 310 g/mol. The lowest BCUT2D eigenvalue weighted by atomic mass is 10.2. The Morgan fingerprint density at radius 3 is 2.58 bits per heavy atom. The Balaban J connectivity index is 2.08. The molecule has 0 bridgehead atoms. The first kappa shape index (κ1) is 17.3. The van der Waals surface area contributed by atoms with Crippen molar-refractivity contribution in [2.75, 3.05) is 6.54 Å². The van der Waals surface area contributed by atoms with Crippen LogP contribution in [0.25, 0.3) is 5.69 Å². The number of nitrogens with one attached hydrogen (secondary N) is 2. The molecule has 1 unspecified atom stereocenters. The molecule has 2 rings (SSSR count). The number of aromatic nitrogens is 2. The Hall–Kier alpha value is -3.09. The number of benzene rings is 1. The fourth-order valence-corrected chi connectivity index (χ4v) is 2.12. The van der Waals surface area contributed by atoms with Gasteiger partial charge in [0.1, 0.15) is 0 Å². The van der Waals surface area contributed by atoms with Crippen molar-refractivity contribution >= 4 is 11.9 Å². The number of ether oxygens (including phenoxy) is 1. The highest BCUT2D eigenvalue weighted by Gasteiger charge is 2.18. The van der Waals surface area contributed by atoms with Crippen LogP contribution in [-0.4, -0.2) is 34.1 Å². The van der Waals surface area contributed by atoms with E-state index in [-0.39, 0.29) is 5.69 Å². The van der Waals surface area contributed by atoms with Crippen molar-refractivity contribution in [3.63, 3.8) is 0 Å². The van der Waals surface area contributed by atoms with Crippen LogP contribution in [0.1, 0.15) is 23.0 Å². The van der Waals surface area contributed by atoms with Gasteiger partial charge in [-0.2, -0.15) is 0 Å². The molecule has 2 aromatic rings. The van der Waals surface area contributed by atoms with E-state index in [0.29, 0.717) is 17.8 Å². The Bertz CT molecular complexity index is 802. The number of H-pyrrole nitrogens is 1. The van der Waals surface area contributed by atoms with Crippen molar-refractivity contribution < 1.29 is 14.3 Å². The maximum Gasteiger partial charge on any atom is 0.338 e. The van der Waals surface area contributed by atoms with Gasteiger partial charge in [0, 0.05) is 18.4 Å². The van der Waals surface area contributed by atoms with Gasteiger partial charge in [-0.3, -0.25) is 9.36 Å². The van der Waals surface area contributed by atoms with Crippen molar-refractivity contribution in [2.45, 2.75) is 20.0 Å². The van der Waals surface area contributed by atoms with Crippen molar-refractivity contribution in [3.8, 4) is 5.69 Å². The number of imidazole rings is 1. The summed E-state index contributed by atoms with van der Waals surface area (Å²) in [5.74, 6) is -1.00. The predicted octanol–water partition coefficient (Wildman–Crippen LogP) is 1.32. The molecule has 1 aromatic carbocycles. The van der Waals surface area contributed by atoms with Crippen LogP contribution in [0, 0.1) is 6.92 Å². The molecule has 7 nitrogen and oxygen atoms in total. The van der Waals surface area contributed by atoms with E-state index >= 15 is 0 Å². The lowest BCUT2D eigenvalue weighted by Gasteiger charge is -2.13. The van der Waals surface area contributed by atoms with Gasteiger partial charge >= 0.3 is 11.7 Å². The summed E-state index contributed by atoms with van der Waals surface area (Å²) in [5.41, 5.74) is 1.42. The fourth-order valence-electron chi connectivity index (χ4n) is 2.12. The van der Waals surface area contributed by atoms with Gasteiger partial charge in [-0.1, -0.05) is 6.08 Å². The number of carbonyl (C=O) groups excluding carboxylic acids is 2. The standard InChI is InChI=1S/C17H19N3O4/c1-4-9-18-15(21)12(3)24-16(22)13-5-7-14(8-6-13)20-11(2)10-19-17(20)23/h4-8,10,12H,1,9H2,2-3H3,(H,18,21)(H,19,23). The second-order valence-electron chi connectivity index (χ2n) is 5.20. The summed E-state index contributed by atoms with van der Waals surface area (Å²) < 4.78 is 6.60. The number of carbonyl (C=O) groups is 2. The molecule has 2 N–H and O–H groups in total. The Morgan fingerprint density at radius 2 is 2.04 bits per heavy atom. The largest absolute Gasteiger partial charge is 0.449 e. The first-order valence-electron chi connectivity index (χ1n) is 7.41. The fraction of sp³-hybridized carbons (Fsp3) is 0.235. The van der Waals surface area contributed by atoms with E-state index in [1.165, 1.54) is 17.6 Å². The van der Waals surface area contributed by atoms with Crippen molar-refractivity contribution in [1.29, 1.82) is 0 Å². The molecule has 0 fully saturated rings. The SMILES string of the molecule is C=CCNC(=O)C(C)OC(=O)c1ccc(-n2c(C)c[nH]c2=O)cc1. The molecule has 7 heteroatoms. The molecule has 0 aliphatic rings. The van der Waals surface area contributed by atoms with E-state index in [0.717, 1.165) is 5.69 Å². The second-order valence-corrected chi connectivity index (χ2v) is 5.20. The Morgan fingerprint density at radius 1 is 1.38 bits per heavy atom. The number of amides is 1. The molecule has 24 heavy (non-hydrogen) atoms. The van der Waals surface area contributed by atoms with Gasteiger partial charge < -0.3 is 15.0 Å². The topological polar surface area (TPSA) is 93.2 Å². The van der Waals surface area contributed by atoms with Crippen molar-refractivity contribution in [1.82, 2.24) is 14.9 Å². The molecule has 1 amide bonds. The van der Waals surface area contributed by atoms with E-state index in [4.69, 9.17) is 4.74 Å². The molecule has 0 aliphatic heterocycles. The number of aryl methyl sites for hydroxylation is 1. The molecule has 0 saturated heterocycles. The van der Waals surface area contributed by atoms with Crippen molar-refractivity contribution in [2.24, 2.45) is 0 Å². The van der Waals surface area contributed by atoms with Crippen molar-refractivity contribution in [3.05, 3.63) is 64.9 Å². The van der Waals surface area contributed by atoms with Crippen LogP contribution in [0.4, 0.5) is 0 Å². The van der Waals surface area contributed by atoms with E-state index in [9.17, 15) is 14.4 Å². The molecule has 0 spiro atoms. The van der Waals surface area contributed by atoms with E-state index in [1.54, 1.807) is 37.4 Å². The number of nitrogens with zero attached hydrogens (tertiary/aromatic N) is 1.